The topological polar surface area (TPSA) is 55.8 Å². The van der Waals surface area contributed by atoms with Crippen molar-refractivity contribution in [3.05, 3.63) is 65.2 Å². The normalized spacial score (nSPS) is 9.84. The minimum atomic E-state index is -0.452. The number of unbranched alkanes of at least 4 members (excludes halogenated alkanes) is 1. The number of esters is 1. The Morgan fingerprint density at radius 1 is 0.960 bits per heavy atom. The zero-order valence-electron chi connectivity index (χ0n) is 14.3. The molecule has 0 unspecified atom stereocenters. The van der Waals surface area contributed by atoms with Crippen molar-refractivity contribution in [3.8, 4) is 17.6 Å². The van der Waals surface area contributed by atoms with Crippen LogP contribution < -0.4 is 4.74 Å². The van der Waals surface area contributed by atoms with E-state index < -0.39 is 5.97 Å². The van der Waals surface area contributed by atoms with E-state index in [0.717, 1.165) is 36.3 Å². The third-order valence-corrected chi connectivity index (χ3v) is 3.42. The summed E-state index contributed by atoms with van der Waals surface area (Å²) in [4.78, 5) is 11.6. The van der Waals surface area contributed by atoms with E-state index in [9.17, 15) is 4.79 Å². The lowest BCUT2D eigenvalue weighted by Gasteiger charge is -2.04. The maximum absolute atomic E-state index is 11.6. The minimum absolute atomic E-state index is 0.00144. The number of ether oxygens (including phenoxy) is 2. The smallest absolute Gasteiger partial charge is 0.338 e. The number of aliphatic hydroxyl groups excluding tert-OH is 1. The van der Waals surface area contributed by atoms with Crippen LogP contribution in [0.2, 0.25) is 0 Å². The van der Waals surface area contributed by atoms with Gasteiger partial charge in [0, 0.05) is 11.1 Å². The second-order valence-electron chi connectivity index (χ2n) is 5.41. The molecule has 0 amide bonds. The standard InChI is InChI=1S/C21H22O4/c1-2-3-15-24-20-12-8-18(9-13-20)5-4-17-6-10-19(11-7-17)21(23)25-16-14-22/h6-13,22H,2-3,14-16H2,1H3. The van der Waals surface area contributed by atoms with Crippen LogP contribution in [-0.2, 0) is 4.74 Å². The number of hydrogen-bond acceptors (Lipinski definition) is 4. The Labute approximate surface area is 148 Å². The Morgan fingerprint density at radius 2 is 1.56 bits per heavy atom. The average molecular weight is 338 g/mol. The van der Waals surface area contributed by atoms with Crippen molar-refractivity contribution >= 4 is 5.97 Å². The SMILES string of the molecule is CCCCOc1ccc(C#Cc2ccc(C(=O)OCCO)cc2)cc1. The number of benzene rings is 2. The van der Waals surface area contributed by atoms with Crippen molar-refractivity contribution in [1.82, 2.24) is 0 Å². The van der Waals surface area contributed by atoms with Crippen molar-refractivity contribution < 1.29 is 19.4 Å². The molecule has 0 fully saturated rings. The third kappa shape index (κ3) is 6.33. The Kier molecular flexibility index (Phi) is 7.55. The lowest BCUT2D eigenvalue weighted by molar-refractivity contribution is 0.0434. The predicted molar refractivity (Wildman–Crippen MR) is 96.6 cm³/mol. The fourth-order valence-corrected chi connectivity index (χ4v) is 2.02. The number of rotatable bonds is 7. The third-order valence-electron chi connectivity index (χ3n) is 3.42. The van der Waals surface area contributed by atoms with Gasteiger partial charge in [-0.25, -0.2) is 4.79 Å². The number of hydrogen-bond donors (Lipinski definition) is 1. The molecule has 2 aromatic carbocycles. The van der Waals surface area contributed by atoms with E-state index in [-0.39, 0.29) is 13.2 Å². The number of aliphatic hydroxyl groups is 1. The summed E-state index contributed by atoms with van der Waals surface area (Å²) < 4.78 is 10.5. The van der Waals surface area contributed by atoms with E-state index in [1.165, 1.54) is 0 Å². The molecule has 2 rings (SSSR count). The highest BCUT2D eigenvalue weighted by molar-refractivity contribution is 5.89. The zero-order valence-corrected chi connectivity index (χ0v) is 14.3. The molecule has 0 aromatic heterocycles. The summed E-state index contributed by atoms with van der Waals surface area (Å²) in [6, 6.07) is 14.5. The molecule has 4 nitrogen and oxygen atoms in total. The van der Waals surface area contributed by atoms with Crippen molar-refractivity contribution in [2.24, 2.45) is 0 Å². The molecule has 25 heavy (non-hydrogen) atoms. The van der Waals surface area contributed by atoms with Gasteiger partial charge in [0.05, 0.1) is 18.8 Å². The Balaban J connectivity index is 1.95. The first-order valence-electron chi connectivity index (χ1n) is 8.36. The summed E-state index contributed by atoms with van der Waals surface area (Å²) in [6.45, 7) is 2.68. The van der Waals surface area contributed by atoms with Crippen LogP contribution in [0.3, 0.4) is 0 Å². The second-order valence-corrected chi connectivity index (χ2v) is 5.41. The second kappa shape index (κ2) is 10.2. The molecule has 130 valence electrons. The molecule has 0 bridgehead atoms. The van der Waals surface area contributed by atoms with Crippen molar-refractivity contribution in [2.45, 2.75) is 19.8 Å². The maximum Gasteiger partial charge on any atom is 0.338 e. The monoisotopic (exact) mass is 338 g/mol. The lowest BCUT2D eigenvalue weighted by Crippen LogP contribution is -2.08. The number of carbonyl (C=O) groups excluding carboxylic acids is 1. The van der Waals surface area contributed by atoms with E-state index in [4.69, 9.17) is 14.6 Å². The van der Waals surface area contributed by atoms with Crippen molar-refractivity contribution in [3.63, 3.8) is 0 Å². The van der Waals surface area contributed by atoms with Gasteiger partial charge in [0.25, 0.3) is 0 Å². The molecule has 0 saturated heterocycles. The van der Waals surface area contributed by atoms with Crippen LogP contribution in [0.5, 0.6) is 5.75 Å². The molecule has 0 aliphatic heterocycles. The Bertz CT molecular complexity index is 721. The van der Waals surface area contributed by atoms with E-state index in [1.807, 2.05) is 24.3 Å². The Morgan fingerprint density at radius 3 is 2.12 bits per heavy atom. The fourth-order valence-electron chi connectivity index (χ4n) is 2.02. The van der Waals surface area contributed by atoms with Gasteiger partial charge >= 0.3 is 5.97 Å². The van der Waals surface area contributed by atoms with Gasteiger partial charge < -0.3 is 14.6 Å². The molecule has 0 saturated carbocycles. The first-order valence-corrected chi connectivity index (χ1v) is 8.36. The van der Waals surface area contributed by atoms with Gasteiger partial charge in [0.2, 0.25) is 0 Å². The van der Waals surface area contributed by atoms with Crippen LogP contribution in [0.25, 0.3) is 0 Å². The summed E-state index contributed by atoms with van der Waals surface area (Å²) in [5.41, 5.74) is 2.14. The van der Waals surface area contributed by atoms with Gasteiger partial charge in [-0.15, -0.1) is 0 Å². The van der Waals surface area contributed by atoms with Crippen LogP contribution >= 0.6 is 0 Å². The molecule has 0 spiro atoms. The molecule has 2 aromatic rings. The quantitative estimate of drug-likeness (QED) is 0.477. The molecule has 0 heterocycles. The van der Waals surface area contributed by atoms with E-state index in [0.29, 0.717) is 5.56 Å². The van der Waals surface area contributed by atoms with E-state index in [2.05, 4.69) is 18.8 Å². The predicted octanol–water partition coefficient (Wildman–Crippen LogP) is 3.41. The summed E-state index contributed by atoms with van der Waals surface area (Å²) >= 11 is 0. The zero-order chi connectivity index (χ0) is 17.9. The summed E-state index contributed by atoms with van der Waals surface area (Å²) in [6.07, 6.45) is 2.16. The molecule has 1 N–H and O–H groups in total. The fraction of sp³-hybridized carbons (Fsp3) is 0.286. The first kappa shape index (κ1) is 18.6. The van der Waals surface area contributed by atoms with Gasteiger partial charge in [-0.05, 0) is 55.0 Å². The van der Waals surface area contributed by atoms with E-state index in [1.54, 1.807) is 24.3 Å². The van der Waals surface area contributed by atoms with E-state index >= 15 is 0 Å². The molecule has 0 radical (unpaired) electrons. The average Bonchev–Trinajstić information content (AvgIpc) is 2.66. The summed E-state index contributed by atoms with van der Waals surface area (Å²) in [7, 11) is 0. The first-order chi connectivity index (χ1) is 12.2. The minimum Gasteiger partial charge on any atom is -0.494 e. The molecule has 0 aliphatic carbocycles. The van der Waals surface area contributed by atoms with Crippen LogP contribution in [0.4, 0.5) is 0 Å². The van der Waals surface area contributed by atoms with Crippen LogP contribution in [-0.4, -0.2) is 30.9 Å². The van der Waals surface area contributed by atoms with Gasteiger partial charge in [0.15, 0.2) is 0 Å². The molecule has 4 heteroatoms. The highest BCUT2D eigenvalue weighted by atomic mass is 16.5. The van der Waals surface area contributed by atoms with Gasteiger partial charge in [-0.1, -0.05) is 25.2 Å². The number of carbonyl (C=O) groups is 1. The summed E-state index contributed by atoms with van der Waals surface area (Å²) in [5.74, 6) is 6.54. The highest BCUT2D eigenvalue weighted by Gasteiger charge is 2.05. The van der Waals surface area contributed by atoms with Crippen molar-refractivity contribution in [1.29, 1.82) is 0 Å². The molecule has 0 aliphatic rings. The largest absolute Gasteiger partial charge is 0.494 e. The molecular weight excluding hydrogens is 316 g/mol. The summed E-state index contributed by atoms with van der Waals surface area (Å²) in [5, 5.41) is 8.65. The van der Waals surface area contributed by atoms with Gasteiger partial charge in [-0.3, -0.25) is 0 Å². The van der Waals surface area contributed by atoms with Crippen LogP contribution in [0.1, 0.15) is 41.3 Å². The molecular formula is C21H22O4. The lowest BCUT2D eigenvalue weighted by atomic mass is 10.1. The highest BCUT2D eigenvalue weighted by Crippen LogP contribution is 2.12. The van der Waals surface area contributed by atoms with Gasteiger partial charge in [-0.2, -0.15) is 0 Å². The van der Waals surface area contributed by atoms with Crippen LogP contribution in [0.15, 0.2) is 48.5 Å². The van der Waals surface area contributed by atoms with Gasteiger partial charge in [0.1, 0.15) is 12.4 Å². The van der Waals surface area contributed by atoms with Crippen LogP contribution in [0, 0.1) is 11.8 Å². The Hall–Kier alpha value is -2.77. The van der Waals surface area contributed by atoms with Crippen molar-refractivity contribution in [2.75, 3.05) is 19.8 Å². The molecule has 0 atom stereocenters. The maximum atomic E-state index is 11.6.